The van der Waals surface area contributed by atoms with Gasteiger partial charge in [0.05, 0.1) is 19.8 Å². The minimum Gasteiger partial charge on any atom is -0.490 e. The van der Waals surface area contributed by atoms with Gasteiger partial charge in [0.2, 0.25) is 0 Å². The van der Waals surface area contributed by atoms with E-state index in [2.05, 4.69) is 10.3 Å². The number of fused-ring (bicyclic) bond motifs is 1. The Morgan fingerprint density at radius 1 is 1.09 bits per heavy atom. The first-order valence-corrected chi connectivity index (χ1v) is 11.6. The maximum Gasteiger partial charge on any atom is 0.254 e. The summed E-state index contributed by atoms with van der Waals surface area (Å²) < 4.78 is 18.9. The number of imidazole rings is 1. The van der Waals surface area contributed by atoms with E-state index in [-0.39, 0.29) is 17.9 Å². The molecule has 1 N–H and O–H groups in total. The lowest BCUT2D eigenvalue weighted by molar-refractivity contribution is -0.159. The maximum atomic E-state index is 12.5. The van der Waals surface area contributed by atoms with Crippen molar-refractivity contribution < 1.29 is 23.8 Å². The highest BCUT2D eigenvalue weighted by Gasteiger charge is 2.31. The van der Waals surface area contributed by atoms with Crippen LogP contribution in [-0.2, 0) is 20.8 Å². The molecule has 0 bridgehead atoms. The predicted molar refractivity (Wildman–Crippen MR) is 124 cm³/mol. The summed E-state index contributed by atoms with van der Waals surface area (Å²) in [5.74, 6) is 0.576. The topological polar surface area (TPSA) is 94.4 Å². The van der Waals surface area contributed by atoms with Crippen molar-refractivity contribution in [3.05, 3.63) is 66.1 Å². The van der Waals surface area contributed by atoms with E-state index in [0.717, 1.165) is 29.8 Å². The first-order chi connectivity index (χ1) is 16.7. The van der Waals surface area contributed by atoms with Crippen LogP contribution in [0, 0.1) is 0 Å². The summed E-state index contributed by atoms with van der Waals surface area (Å²) in [4.78, 5) is 31.1. The average molecular weight is 465 g/mol. The molecule has 5 rings (SSSR count). The van der Waals surface area contributed by atoms with Gasteiger partial charge < -0.3 is 28.8 Å². The Balaban J connectivity index is 1.08. The Labute approximate surface area is 197 Å². The van der Waals surface area contributed by atoms with Crippen molar-refractivity contribution in [3.8, 4) is 5.75 Å². The van der Waals surface area contributed by atoms with Crippen molar-refractivity contribution >= 4 is 17.5 Å². The summed E-state index contributed by atoms with van der Waals surface area (Å²) in [5.41, 5.74) is 2.44. The molecule has 4 heterocycles. The molecule has 1 unspecified atom stereocenters. The van der Waals surface area contributed by atoms with E-state index < -0.39 is 6.10 Å². The van der Waals surface area contributed by atoms with Gasteiger partial charge in [0.15, 0.2) is 6.10 Å². The summed E-state index contributed by atoms with van der Waals surface area (Å²) in [7, 11) is 0. The molecule has 2 aromatic heterocycles. The molecule has 0 saturated carbocycles. The fourth-order valence-corrected chi connectivity index (χ4v) is 4.26. The van der Waals surface area contributed by atoms with E-state index in [1.165, 1.54) is 0 Å². The Hall–Kier alpha value is -3.43. The van der Waals surface area contributed by atoms with E-state index in [1.54, 1.807) is 18.3 Å². The van der Waals surface area contributed by atoms with Gasteiger partial charge in [0.1, 0.15) is 17.5 Å². The molecule has 1 atom stereocenters. The van der Waals surface area contributed by atoms with Gasteiger partial charge in [-0.2, -0.15) is 0 Å². The van der Waals surface area contributed by atoms with Gasteiger partial charge in [0.25, 0.3) is 11.8 Å². The molecular weight excluding hydrogens is 436 g/mol. The summed E-state index contributed by atoms with van der Waals surface area (Å²) in [6, 6.07) is 11.0. The number of pyridine rings is 1. The molecule has 2 fully saturated rings. The largest absolute Gasteiger partial charge is 0.490 e. The van der Waals surface area contributed by atoms with Gasteiger partial charge in [-0.1, -0.05) is 6.07 Å². The summed E-state index contributed by atoms with van der Waals surface area (Å²) in [5, 5.41) is 2.95. The van der Waals surface area contributed by atoms with E-state index in [0.29, 0.717) is 45.0 Å². The number of amides is 2. The number of piperidine rings is 1. The third kappa shape index (κ3) is 5.21. The maximum absolute atomic E-state index is 12.5. The molecule has 3 aromatic rings. The second-order valence-electron chi connectivity index (χ2n) is 8.51. The summed E-state index contributed by atoms with van der Waals surface area (Å²) in [6.45, 7) is 3.03. The first-order valence-electron chi connectivity index (χ1n) is 11.6. The predicted octanol–water partition coefficient (Wildman–Crippen LogP) is 2.05. The van der Waals surface area contributed by atoms with Gasteiger partial charge in [-0.3, -0.25) is 9.59 Å². The van der Waals surface area contributed by atoms with Crippen LogP contribution in [0.3, 0.4) is 0 Å². The molecule has 2 amide bonds. The van der Waals surface area contributed by atoms with Crippen LogP contribution in [0.25, 0.3) is 5.65 Å². The SMILES string of the molecule is O=C(NCc1ccc2nccn2c1)c1ccc(OC2CCN(C(=O)C3COCCO3)CC2)cc1. The van der Waals surface area contributed by atoms with Crippen LogP contribution in [0.4, 0.5) is 0 Å². The van der Waals surface area contributed by atoms with Crippen LogP contribution in [0.2, 0.25) is 0 Å². The molecule has 2 aliphatic rings. The molecule has 9 nitrogen and oxygen atoms in total. The Kier molecular flexibility index (Phi) is 6.73. The van der Waals surface area contributed by atoms with E-state index in [1.807, 2.05) is 46.0 Å². The van der Waals surface area contributed by atoms with Crippen LogP contribution in [0.1, 0.15) is 28.8 Å². The monoisotopic (exact) mass is 464 g/mol. The number of rotatable bonds is 6. The lowest BCUT2D eigenvalue weighted by Gasteiger charge is -2.35. The lowest BCUT2D eigenvalue weighted by Crippen LogP contribution is -2.49. The number of nitrogens with one attached hydrogen (secondary N) is 1. The number of carbonyl (C=O) groups excluding carboxylic acids is 2. The molecular formula is C25H28N4O5. The second-order valence-corrected chi connectivity index (χ2v) is 8.51. The highest BCUT2D eigenvalue weighted by atomic mass is 16.6. The second kappa shape index (κ2) is 10.2. The van der Waals surface area contributed by atoms with Crippen LogP contribution < -0.4 is 10.1 Å². The highest BCUT2D eigenvalue weighted by molar-refractivity contribution is 5.94. The Morgan fingerprint density at radius 2 is 1.91 bits per heavy atom. The molecule has 34 heavy (non-hydrogen) atoms. The standard InChI is InChI=1S/C25H28N4O5/c30-24(27-15-18-1-6-23-26-9-12-29(23)16-18)19-2-4-20(5-3-19)34-21-7-10-28(11-8-21)25(31)22-17-32-13-14-33-22/h1-6,9,12,16,21-22H,7-8,10-11,13-15,17H2,(H,27,30). The molecule has 178 valence electrons. The molecule has 9 heteroatoms. The number of likely N-dealkylation sites (tertiary alicyclic amines) is 1. The van der Waals surface area contributed by atoms with Gasteiger partial charge in [-0.15, -0.1) is 0 Å². The number of nitrogens with zero attached hydrogens (tertiary/aromatic N) is 3. The van der Waals surface area contributed by atoms with Crippen molar-refractivity contribution in [3.63, 3.8) is 0 Å². The van der Waals surface area contributed by atoms with E-state index in [9.17, 15) is 9.59 Å². The van der Waals surface area contributed by atoms with Crippen LogP contribution in [0.15, 0.2) is 55.0 Å². The van der Waals surface area contributed by atoms with Crippen molar-refractivity contribution in [1.29, 1.82) is 0 Å². The third-order valence-corrected chi connectivity index (χ3v) is 6.17. The van der Waals surface area contributed by atoms with E-state index >= 15 is 0 Å². The zero-order valence-electron chi connectivity index (χ0n) is 18.9. The Morgan fingerprint density at radius 3 is 2.68 bits per heavy atom. The number of benzene rings is 1. The molecule has 0 radical (unpaired) electrons. The van der Waals surface area contributed by atoms with Gasteiger partial charge in [-0.25, -0.2) is 4.98 Å². The minimum atomic E-state index is -0.487. The normalized spacial score (nSPS) is 19.2. The van der Waals surface area contributed by atoms with Crippen LogP contribution in [0.5, 0.6) is 5.75 Å². The summed E-state index contributed by atoms with van der Waals surface area (Å²) in [6.07, 6.45) is 6.62. The van der Waals surface area contributed by atoms with Crippen LogP contribution in [-0.4, -0.2) is 71.2 Å². The molecule has 2 aliphatic heterocycles. The van der Waals surface area contributed by atoms with Crippen molar-refractivity contribution in [1.82, 2.24) is 19.6 Å². The van der Waals surface area contributed by atoms with Gasteiger partial charge >= 0.3 is 0 Å². The number of ether oxygens (including phenoxy) is 3. The fourth-order valence-electron chi connectivity index (χ4n) is 4.26. The molecule has 2 saturated heterocycles. The number of carbonyl (C=O) groups is 2. The molecule has 0 aliphatic carbocycles. The summed E-state index contributed by atoms with van der Waals surface area (Å²) >= 11 is 0. The fraction of sp³-hybridized carbons (Fsp3) is 0.400. The number of hydrogen-bond acceptors (Lipinski definition) is 6. The smallest absolute Gasteiger partial charge is 0.254 e. The minimum absolute atomic E-state index is 0.00142. The average Bonchev–Trinajstić information content (AvgIpc) is 3.36. The molecule has 0 spiro atoms. The molecule has 1 aromatic carbocycles. The van der Waals surface area contributed by atoms with Crippen molar-refractivity contribution in [2.75, 3.05) is 32.9 Å². The van der Waals surface area contributed by atoms with E-state index in [4.69, 9.17) is 14.2 Å². The van der Waals surface area contributed by atoms with Crippen LogP contribution >= 0.6 is 0 Å². The third-order valence-electron chi connectivity index (χ3n) is 6.17. The number of hydrogen-bond donors (Lipinski definition) is 1. The number of aromatic nitrogens is 2. The first kappa shape index (κ1) is 22.4. The zero-order chi connectivity index (χ0) is 23.3. The quantitative estimate of drug-likeness (QED) is 0.600. The van der Waals surface area contributed by atoms with Crippen molar-refractivity contribution in [2.45, 2.75) is 31.6 Å². The highest BCUT2D eigenvalue weighted by Crippen LogP contribution is 2.21. The van der Waals surface area contributed by atoms with Gasteiger partial charge in [0, 0.05) is 56.6 Å². The lowest BCUT2D eigenvalue weighted by atomic mass is 10.1. The zero-order valence-corrected chi connectivity index (χ0v) is 18.9. The Bertz CT molecular complexity index is 1130. The van der Waals surface area contributed by atoms with Crippen molar-refractivity contribution in [2.24, 2.45) is 0 Å². The van der Waals surface area contributed by atoms with Gasteiger partial charge in [-0.05, 0) is 35.9 Å².